The van der Waals surface area contributed by atoms with Crippen LogP contribution in [0.15, 0.2) is 18.2 Å². The van der Waals surface area contributed by atoms with E-state index in [0.717, 1.165) is 18.8 Å². The van der Waals surface area contributed by atoms with E-state index in [0.29, 0.717) is 6.61 Å². The lowest BCUT2D eigenvalue weighted by molar-refractivity contribution is -0.138. The maximum absolute atomic E-state index is 12.2. The van der Waals surface area contributed by atoms with Crippen molar-refractivity contribution in [1.29, 1.82) is 0 Å². The topological polar surface area (TPSA) is 83.8 Å². The van der Waals surface area contributed by atoms with Gasteiger partial charge in [0.1, 0.15) is 0 Å². The fourth-order valence-electron chi connectivity index (χ4n) is 4.24. The third-order valence-electron chi connectivity index (χ3n) is 5.77. The van der Waals surface area contributed by atoms with Crippen LogP contribution < -0.4 is 0 Å². The summed E-state index contributed by atoms with van der Waals surface area (Å²) in [4.78, 5) is 10.7. The Labute approximate surface area is 169 Å². The summed E-state index contributed by atoms with van der Waals surface area (Å²) >= 11 is 0. The average Bonchev–Trinajstić information content (AvgIpc) is 2.62. The SMILES string of the molecule is Cc1ccc(C(CCC2CCCCC2)CO[PH](=O)CC(O)CC(=O)O)c(C)c1. The van der Waals surface area contributed by atoms with Gasteiger partial charge in [0.25, 0.3) is 0 Å². The highest BCUT2D eigenvalue weighted by Gasteiger charge is 2.21. The van der Waals surface area contributed by atoms with Crippen molar-refractivity contribution in [1.82, 2.24) is 0 Å². The Morgan fingerprint density at radius 1 is 1.25 bits per heavy atom. The fourth-order valence-corrected chi connectivity index (χ4v) is 5.28. The van der Waals surface area contributed by atoms with Gasteiger partial charge in [0.05, 0.1) is 19.1 Å². The Hall–Kier alpha value is -1.16. The van der Waals surface area contributed by atoms with Crippen LogP contribution >= 0.6 is 8.03 Å². The first kappa shape index (κ1) is 23.1. The first-order valence-corrected chi connectivity index (χ1v) is 12.0. The second-order valence-corrected chi connectivity index (χ2v) is 9.72. The molecule has 28 heavy (non-hydrogen) atoms. The molecule has 1 saturated carbocycles. The molecule has 0 aliphatic heterocycles. The lowest BCUT2D eigenvalue weighted by atomic mass is 9.82. The number of aliphatic hydroxyl groups excluding tert-OH is 1. The molecule has 158 valence electrons. The van der Waals surface area contributed by atoms with E-state index < -0.39 is 26.5 Å². The predicted molar refractivity (Wildman–Crippen MR) is 113 cm³/mol. The van der Waals surface area contributed by atoms with Gasteiger partial charge >= 0.3 is 5.97 Å². The van der Waals surface area contributed by atoms with E-state index in [1.165, 1.54) is 48.8 Å². The van der Waals surface area contributed by atoms with Gasteiger partial charge in [-0.2, -0.15) is 0 Å². The molecule has 0 radical (unpaired) electrons. The molecule has 0 amide bonds. The molecule has 2 N–H and O–H groups in total. The van der Waals surface area contributed by atoms with Crippen molar-refractivity contribution < 1.29 is 24.1 Å². The summed E-state index contributed by atoms with van der Waals surface area (Å²) in [7, 11) is -2.46. The molecule has 5 nitrogen and oxygen atoms in total. The number of carbonyl (C=O) groups is 1. The molecule has 0 spiro atoms. The fraction of sp³-hybridized carbons (Fsp3) is 0.682. The molecule has 0 aromatic heterocycles. The van der Waals surface area contributed by atoms with Gasteiger partial charge in [-0.25, -0.2) is 0 Å². The van der Waals surface area contributed by atoms with Gasteiger partial charge < -0.3 is 14.7 Å². The van der Waals surface area contributed by atoms with Crippen molar-refractivity contribution in [2.75, 3.05) is 12.8 Å². The minimum Gasteiger partial charge on any atom is -0.481 e. The van der Waals surface area contributed by atoms with Gasteiger partial charge in [0, 0.05) is 12.1 Å². The molecular weight excluding hydrogens is 375 g/mol. The smallest absolute Gasteiger partial charge is 0.305 e. The Balaban J connectivity index is 1.96. The van der Waals surface area contributed by atoms with Crippen molar-refractivity contribution in [3.8, 4) is 0 Å². The molecule has 1 aliphatic carbocycles. The number of benzene rings is 1. The van der Waals surface area contributed by atoms with E-state index >= 15 is 0 Å². The van der Waals surface area contributed by atoms with Crippen LogP contribution in [0.25, 0.3) is 0 Å². The quantitative estimate of drug-likeness (QED) is 0.497. The highest BCUT2D eigenvalue weighted by Crippen LogP contribution is 2.35. The molecule has 0 saturated heterocycles. The maximum Gasteiger partial charge on any atom is 0.305 e. The van der Waals surface area contributed by atoms with Crippen molar-refractivity contribution in [3.63, 3.8) is 0 Å². The summed E-state index contributed by atoms with van der Waals surface area (Å²) in [5.74, 6) is -0.146. The van der Waals surface area contributed by atoms with Crippen molar-refractivity contribution in [2.45, 2.75) is 77.2 Å². The third-order valence-corrected chi connectivity index (χ3v) is 7.06. The van der Waals surface area contributed by atoms with Crippen LogP contribution in [0.1, 0.15) is 74.0 Å². The molecule has 0 heterocycles. The highest BCUT2D eigenvalue weighted by atomic mass is 31.1. The number of hydrogen-bond acceptors (Lipinski definition) is 4. The number of aliphatic hydroxyl groups is 1. The number of aryl methyl sites for hydroxylation is 2. The number of rotatable bonds is 11. The van der Waals surface area contributed by atoms with Gasteiger partial charge in [-0.1, -0.05) is 55.9 Å². The van der Waals surface area contributed by atoms with Crippen molar-refractivity contribution >= 4 is 14.0 Å². The minimum absolute atomic E-state index is 0.0980. The molecule has 0 bridgehead atoms. The number of carboxylic acid groups (broad SMARTS) is 1. The van der Waals surface area contributed by atoms with Crippen LogP contribution in [-0.2, 0) is 13.9 Å². The van der Waals surface area contributed by atoms with Gasteiger partial charge in [-0.3, -0.25) is 9.36 Å². The largest absolute Gasteiger partial charge is 0.481 e. The summed E-state index contributed by atoms with van der Waals surface area (Å²) < 4.78 is 17.9. The second-order valence-electron chi connectivity index (χ2n) is 8.28. The van der Waals surface area contributed by atoms with E-state index in [1.54, 1.807) is 0 Å². The number of hydrogen-bond donors (Lipinski definition) is 2. The standard InChI is InChI=1S/C22H35O5P/c1-16-8-11-21(17(2)12-16)19(10-9-18-6-4-3-5-7-18)14-27-28(26)15-20(23)13-22(24)25/h8,11-12,18-20,23,28H,3-7,9-10,13-15H2,1-2H3,(H,24,25). The van der Waals surface area contributed by atoms with Crippen LogP contribution in [0, 0.1) is 19.8 Å². The number of aliphatic carboxylic acids is 1. The van der Waals surface area contributed by atoms with Gasteiger partial charge in [0.15, 0.2) is 8.03 Å². The van der Waals surface area contributed by atoms with E-state index in [4.69, 9.17) is 9.63 Å². The first-order chi connectivity index (χ1) is 13.3. The van der Waals surface area contributed by atoms with E-state index in [1.807, 2.05) is 0 Å². The third kappa shape index (κ3) is 8.06. The Morgan fingerprint density at radius 2 is 1.96 bits per heavy atom. The lowest BCUT2D eigenvalue weighted by Crippen LogP contribution is -2.16. The summed E-state index contributed by atoms with van der Waals surface area (Å²) in [6.07, 6.45) is 7.14. The highest BCUT2D eigenvalue weighted by molar-refractivity contribution is 7.39. The lowest BCUT2D eigenvalue weighted by Gasteiger charge is -2.25. The summed E-state index contributed by atoms with van der Waals surface area (Å²) in [5.41, 5.74) is 3.68. The zero-order valence-corrected chi connectivity index (χ0v) is 18.2. The second kappa shape index (κ2) is 11.7. The van der Waals surface area contributed by atoms with Crippen LogP contribution in [-0.4, -0.2) is 35.1 Å². The van der Waals surface area contributed by atoms with Gasteiger partial charge in [-0.05, 0) is 43.7 Å². The van der Waals surface area contributed by atoms with Crippen LogP contribution in [0.5, 0.6) is 0 Å². The summed E-state index contributed by atoms with van der Waals surface area (Å²) in [5, 5.41) is 18.4. The predicted octanol–water partition coefficient (Wildman–Crippen LogP) is 5.07. The Morgan fingerprint density at radius 3 is 2.61 bits per heavy atom. The Bertz CT molecular complexity index is 654. The van der Waals surface area contributed by atoms with E-state index in [-0.39, 0.29) is 12.1 Å². The molecule has 1 aliphatic rings. The Kier molecular flexibility index (Phi) is 9.70. The normalized spacial score (nSPS) is 18.5. The minimum atomic E-state index is -2.46. The molecule has 1 aromatic carbocycles. The van der Waals surface area contributed by atoms with Crippen LogP contribution in [0.3, 0.4) is 0 Å². The molecule has 1 fully saturated rings. The van der Waals surface area contributed by atoms with E-state index in [2.05, 4.69) is 32.0 Å². The van der Waals surface area contributed by atoms with Crippen LogP contribution in [0.4, 0.5) is 0 Å². The monoisotopic (exact) mass is 410 g/mol. The molecule has 6 heteroatoms. The molecular formula is C22H35O5P. The van der Waals surface area contributed by atoms with Crippen molar-refractivity contribution in [3.05, 3.63) is 34.9 Å². The van der Waals surface area contributed by atoms with Gasteiger partial charge in [-0.15, -0.1) is 0 Å². The van der Waals surface area contributed by atoms with Crippen molar-refractivity contribution in [2.24, 2.45) is 5.92 Å². The maximum atomic E-state index is 12.2. The number of carboxylic acids is 1. The summed E-state index contributed by atoms with van der Waals surface area (Å²) in [6.45, 7) is 4.54. The zero-order valence-electron chi connectivity index (χ0n) is 17.2. The van der Waals surface area contributed by atoms with E-state index in [9.17, 15) is 14.5 Å². The average molecular weight is 410 g/mol. The molecule has 1 aromatic rings. The first-order valence-electron chi connectivity index (χ1n) is 10.5. The molecule has 2 rings (SSSR count). The molecule has 3 atom stereocenters. The van der Waals surface area contributed by atoms with Gasteiger partial charge in [0.2, 0.25) is 0 Å². The van der Waals surface area contributed by atoms with Crippen LogP contribution in [0.2, 0.25) is 0 Å². The zero-order chi connectivity index (χ0) is 20.5. The molecule has 3 unspecified atom stereocenters. The summed E-state index contributed by atoms with van der Waals surface area (Å²) in [6, 6.07) is 6.42.